The standard InChI is InChI=1S/C25H21N7O4S/c26-10-4-11-28-14-17(13-27)32-23-20-9-12-31(37(34,35)19-5-2-1-3-6-19)24(20)29-15-21(23)30-25(32)22-8-7-18(16-33)36-22/h1-3,5-9,12-15,27-28,33H,4,11,16H2/b17-14+,27-13?. The van der Waals surface area contributed by atoms with Crippen LogP contribution in [0.1, 0.15) is 12.2 Å². The molecule has 5 rings (SSSR count). The molecule has 0 aliphatic heterocycles. The summed E-state index contributed by atoms with van der Waals surface area (Å²) in [5, 5.41) is 29.9. The van der Waals surface area contributed by atoms with Gasteiger partial charge in [0.05, 0.1) is 34.8 Å². The molecule has 0 saturated carbocycles. The summed E-state index contributed by atoms with van der Waals surface area (Å²) in [5.74, 6) is 1.01. The van der Waals surface area contributed by atoms with E-state index in [-0.39, 0.29) is 23.6 Å². The number of nitrogens with one attached hydrogen (secondary N) is 2. The van der Waals surface area contributed by atoms with E-state index >= 15 is 0 Å². The molecule has 1 aromatic carbocycles. The lowest BCUT2D eigenvalue weighted by Gasteiger charge is -2.10. The van der Waals surface area contributed by atoms with Crippen molar-refractivity contribution in [2.75, 3.05) is 6.54 Å². The van der Waals surface area contributed by atoms with E-state index in [0.717, 1.165) is 10.2 Å². The average molecular weight is 516 g/mol. The third kappa shape index (κ3) is 4.16. The van der Waals surface area contributed by atoms with Crippen LogP contribution in [-0.4, -0.2) is 44.8 Å². The van der Waals surface area contributed by atoms with E-state index in [9.17, 15) is 13.5 Å². The first-order valence-corrected chi connectivity index (χ1v) is 12.6. The number of nitrogens with zero attached hydrogens (tertiary/aromatic N) is 5. The molecular formula is C25H21N7O4S. The van der Waals surface area contributed by atoms with E-state index in [2.05, 4.69) is 21.4 Å². The summed E-state index contributed by atoms with van der Waals surface area (Å²) >= 11 is 0. The van der Waals surface area contributed by atoms with Gasteiger partial charge in [-0.25, -0.2) is 22.4 Å². The average Bonchev–Trinajstić information content (AvgIpc) is 3.65. The van der Waals surface area contributed by atoms with Crippen LogP contribution in [0.4, 0.5) is 0 Å². The van der Waals surface area contributed by atoms with Crippen LogP contribution in [0.2, 0.25) is 0 Å². The van der Waals surface area contributed by atoms with Crippen molar-refractivity contribution in [1.82, 2.24) is 23.8 Å². The highest BCUT2D eigenvalue weighted by atomic mass is 32.2. The molecule has 4 aromatic heterocycles. The first-order valence-electron chi connectivity index (χ1n) is 11.2. The lowest BCUT2D eigenvalue weighted by atomic mass is 10.3. The molecule has 4 heterocycles. The van der Waals surface area contributed by atoms with E-state index in [4.69, 9.17) is 15.1 Å². The second-order valence-electron chi connectivity index (χ2n) is 7.93. The normalized spacial score (nSPS) is 12.2. The molecule has 37 heavy (non-hydrogen) atoms. The maximum Gasteiger partial charge on any atom is 0.269 e. The van der Waals surface area contributed by atoms with Gasteiger partial charge < -0.3 is 20.2 Å². The Morgan fingerprint density at radius 3 is 2.73 bits per heavy atom. The molecule has 0 bridgehead atoms. The van der Waals surface area contributed by atoms with Gasteiger partial charge in [0.2, 0.25) is 0 Å². The summed E-state index contributed by atoms with van der Waals surface area (Å²) in [4.78, 5) is 9.20. The Kier molecular flexibility index (Phi) is 6.31. The summed E-state index contributed by atoms with van der Waals surface area (Å²) in [6.07, 6.45) is 5.87. The predicted octanol–water partition coefficient (Wildman–Crippen LogP) is 3.33. The first-order chi connectivity index (χ1) is 18.0. The number of hydrogen-bond acceptors (Lipinski definition) is 9. The molecular weight excluding hydrogens is 494 g/mol. The van der Waals surface area contributed by atoms with Crippen molar-refractivity contribution in [3.63, 3.8) is 0 Å². The zero-order chi connectivity index (χ0) is 26.0. The monoisotopic (exact) mass is 515 g/mol. The van der Waals surface area contributed by atoms with Crippen molar-refractivity contribution in [2.24, 2.45) is 0 Å². The number of imidazole rings is 1. The molecule has 12 heteroatoms. The Hall–Kier alpha value is -4.73. The fourth-order valence-corrected chi connectivity index (χ4v) is 5.32. The molecule has 0 fully saturated rings. The number of rotatable bonds is 9. The SMILES string of the molecule is N#CCCN/C=C(\C=N)n1c(-c2ccc(CO)o2)nc2cnc3c(ccn3S(=O)(=O)c3ccccc3)c21. The second-order valence-corrected chi connectivity index (χ2v) is 9.74. The summed E-state index contributed by atoms with van der Waals surface area (Å²) in [7, 11) is -3.92. The highest BCUT2D eigenvalue weighted by Crippen LogP contribution is 2.34. The molecule has 0 saturated heterocycles. The van der Waals surface area contributed by atoms with Gasteiger partial charge in [0.25, 0.3) is 10.0 Å². The molecule has 0 atom stereocenters. The Morgan fingerprint density at radius 2 is 2.03 bits per heavy atom. The van der Waals surface area contributed by atoms with E-state index in [1.165, 1.54) is 24.5 Å². The third-order valence-corrected chi connectivity index (χ3v) is 7.35. The molecule has 0 unspecified atom stereocenters. The molecule has 5 aromatic rings. The Bertz CT molecular complexity index is 1790. The third-order valence-electron chi connectivity index (χ3n) is 5.67. The van der Waals surface area contributed by atoms with Gasteiger partial charge in [-0.1, -0.05) is 18.2 Å². The number of benzene rings is 1. The number of hydrogen-bond donors (Lipinski definition) is 3. The minimum atomic E-state index is -3.92. The van der Waals surface area contributed by atoms with Crippen molar-refractivity contribution in [1.29, 1.82) is 10.7 Å². The maximum atomic E-state index is 13.4. The zero-order valence-electron chi connectivity index (χ0n) is 19.4. The van der Waals surface area contributed by atoms with Gasteiger partial charge in [-0.2, -0.15) is 5.26 Å². The fraction of sp³-hybridized carbons (Fsp3) is 0.120. The number of nitriles is 1. The van der Waals surface area contributed by atoms with Crippen LogP contribution in [0, 0.1) is 16.7 Å². The number of allylic oxidation sites excluding steroid dienone is 1. The summed E-state index contributed by atoms with van der Waals surface area (Å²) in [6.45, 7) is 0.0725. The fourth-order valence-electron chi connectivity index (χ4n) is 4.00. The van der Waals surface area contributed by atoms with Gasteiger partial charge >= 0.3 is 0 Å². The van der Waals surface area contributed by atoms with Crippen molar-refractivity contribution >= 4 is 44.0 Å². The topological polar surface area (TPSA) is 163 Å². The van der Waals surface area contributed by atoms with Crippen LogP contribution in [0.25, 0.3) is 39.3 Å². The van der Waals surface area contributed by atoms with E-state index < -0.39 is 10.0 Å². The Morgan fingerprint density at radius 1 is 1.22 bits per heavy atom. The van der Waals surface area contributed by atoms with Gasteiger partial charge in [0, 0.05) is 30.5 Å². The molecule has 0 spiro atoms. The zero-order valence-corrected chi connectivity index (χ0v) is 20.2. The molecule has 11 nitrogen and oxygen atoms in total. The van der Waals surface area contributed by atoms with Gasteiger partial charge in [0.1, 0.15) is 17.9 Å². The van der Waals surface area contributed by atoms with Crippen LogP contribution in [-0.2, 0) is 16.6 Å². The predicted molar refractivity (Wildman–Crippen MR) is 137 cm³/mol. The van der Waals surface area contributed by atoms with Gasteiger partial charge in [-0.3, -0.25) is 4.57 Å². The minimum absolute atomic E-state index is 0.123. The van der Waals surface area contributed by atoms with Gasteiger partial charge in [-0.15, -0.1) is 0 Å². The van der Waals surface area contributed by atoms with Crippen LogP contribution in [0.3, 0.4) is 0 Å². The largest absolute Gasteiger partial charge is 0.455 e. The number of pyridine rings is 1. The molecule has 3 N–H and O–H groups in total. The lowest BCUT2D eigenvalue weighted by Crippen LogP contribution is -2.12. The molecule has 0 amide bonds. The second kappa shape index (κ2) is 9.73. The maximum absolute atomic E-state index is 13.4. The molecule has 0 aliphatic rings. The smallest absolute Gasteiger partial charge is 0.269 e. The minimum Gasteiger partial charge on any atom is -0.455 e. The summed E-state index contributed by atoms with van der Waals surface area (Å²) < 4.78 is 35.2. The van der Waals surface area contributed by atoms with E-state index in [0.29, 0.717) is 46.0 Å². The Balaban J connectivity index is 1.77. The van der Waals surface area contributed by atoms with Crippen molar-refractivity contribution in [2.45, 2.75) is 17.9 Å². The Labute approximate surface area is 211 Å². The van der Waals surface area contributed by atoms with Crippen molar-refractivity contribution in [3.05, 3.63) is 72.9 Å². The number of fused-ring (bicyclic) bond motifs is 3. The van der Waals surface area contributed by atoms with Crippen LogP contribution >= 0.6 is 0 Å². The van der Waals surface area contributed by atoms with Crippen LogP contribution < -0.4 is 5.32 Å². The van der Waals surface area contributed by atoms with Crippen molar-refractivity contribution in [3.8, 4) is 17.7 Å². The van der Waals surface area contributed by atoms with Crippen LogP contribution in [0.5, 0.6) is 0 Å². The van der Waals surface area contributed by atoms with Crippen LogP contribution in [0.15, 0.2) is 76.4 Å². The number of aromatic nitrogens is 4. The molecule has 186 valence electrons. The summed E-state index contributed by atoms with van der Waals surface area (Å²) in [5.41, 5.74) is 1.52. The molecule has 0 radical (unpaired) electrons. The molecule has 0 aliphatic carbocycles. The summed E-state index contributed by atoms with van der Waals surface area (Å²) in [6, 6.07) is 15.0. The van der Waals surface area contributed by atoms with Gasteiger partial charge in [0.15, 0.2) is 17.2 Å². The number of aliphatic hydroxyl groups is 1. The number of aliphatic hydroxyl groups excluding tert-OH is 1. The highest BCUT2D eigenvalue weighted by Gasteiger charge is 2.25. The van der Waals surface area contributed by atoms with Gasteiger partial charge in [-0.05, 0) is 30.3 Å². The number of furan rings is 1. The van der Waals surface area contributed by atoms with E-state index in [1.807, 2.05) is 0 Å². The van der Waals surface area contributed by atoms with Crippen molar-refractivity contribution < 1.29 is 17.9 Å². The quantitative estimate of drug-likeness (QED) is 0.199. The van der Waals surface area contributed by atoms with E-state index in [1.54, 1.807) is 47.2 Å². The highest BCUT2D eigenvalue weighted by molar-refractivity contribution is 7.90. The first kappa shape index (κ1) is 24.0. The lowest BCUT2D eigenvalue weighted by molar-refractivity contribution is 0.248.